The minimum Gasteiger partial charge on any atom is -0.491 e. The summed E-state index contributed by atoms with van der Waals surface area (Å²) < 4.78 is 18.9. The van der Waals surface area contributed by atoms with E-state index in [1.165, 1.54) is 6.07 Å². The van der Waals surface area contributed by atoms with Gasteiger partial charge in [-0.15, -0.1) is 10.2 Å². The van der Waals surface area contributed by atoms with Gasteiger partial charge in [0.25, 0.3) is 0 Å². The third kappa shape index (κ3) is 3.90. The molecule has 2 rings (SSSR count). The molecule has 0 aliphatic carbocycles. The maximum atomic E-state index is 13.7. The van der Waals surface area contributed by atoms with Crippen molar-refractivity contribution < 1.29 is 9.13 Å². The van der Waals surface area contributed by atoms with Gasteiger partial charge in [-0.05, 0) is 18.6 Å². The van der Waals surface area contributed by atoms with Crippen LogP contribution < -0.4 is 10.1 Å². The number of aromatic amines is 1. The number of aromatic nitrogens is 4. The van der Waals surface area contributed by atoms with Crippen LogP contribution in [0.25, 0.3) is 0 Å². The summed E-state index contributed by atoms with van der Waals surface area (Å²) in [5.74, 6) is 0.541. The van der Waals surface area contributed by atoms with Crippen LogP contribution in [0.2, 0.25) is 0 Å². The van der Waals surface area contributed by atoms with Crippen molar-refractivity contribution >= 4 is 5.69 Å². The Kier molecular flexibility index (Phi) is 4.66. The highest BCUT2D eigenvalue weighted by atomic mass is 19.1. The molecule has 0 spiro atoms. The Balaban J connectivity index is 1.85. The number of hydrogen-bond donors (Lipinski definition) is 2. The van der Waals surface area contributed by atoms with Crippen molar-refractivity contribution in [2.24, 2.45) is 0 Å². The largest absolute Gasteiger partial charge is 0.491 e. The van der Waals surface area contributed by atoms with Crippen molar-refractivity contribution in [2.75, 3.05) is 18.5 Å². The Hall–Kier alpha value is -2.18. The monoisotopic (exact) mass is 265 g/mol. The number of benzene rings is 1. The number of tetrazole rings is 1. The number of rotatable bonds is 7. The van der Waals surface area contributed by atoms with Crippen LogP contribution in [0.4, 0.5) is 10.1 Å². The first kappa shape index (κ1) is 13.3. The molecule has 0 atom stereocenters. The molecule has 0 radical (unpaired) electrons. The van der Waals surface area contributed by atoms with Crippen LogP contribution in [0.15, 0.2) is 18.2 Å². The molecule has 2 N–H and O–H groups in total. The molecule has 0 unspecified atom stereocenters. The Morgan fingerprint density at radius 3 is 3.00 bits per heavy atom. The topological polar surface area (TPSA) is 75.7 Å². The Labute approximate surface area is 110 Å². The number of nitrogens with zero attached hydrogens (tertiary/aromatic N) is 3. The molecule has 0 amide bonds. The van der Waals surface area contributed by atoms with Gasteiger partial charge in [-0.1, -0.05) is 12.1 Å². The van der Waals surface area contributed by atoms with E-state index in [0.717, 1.165) is 6.42 Å². The predicted molar refractivity (Wildman–Crippen MR) is 68.6 cm³/mol. The maximum Gasteiger partial charge on any atom is 0.176 e. The fraction of sp³-hybridized carbons (Fsp3) is 0.417. The van der Waals surface area contributed by atoms with E-state index in [9.17, 15) is 4.39 Å². The molecule has 6 nitrogen and oxygen atoms in total. The summed E-state index contributed by atoms with van der Waals surface area (Å²) in [5, 5.41) is 16.6. The summed E-state index contributed by atoms with van der Waals surface area (Å²) in [5.41, 5.74) is 0.699. The Bertz CT molecular complexity index is 503. The van der Waals surface area contributed by atoms with E-state index in [-0.39, 0.29) is 11.6 Å². The van der Waals surface area contributed by atoms with E-state index in [4.69, 9.17) is 4.74 Å². The normalized spacial score (nSPS) is 10.4. The van der Waals surface area contributed by atoms with Gasteiger partial charge in [0.05, 0.1) is 6.61 Å². The van der Waals surface area contributed by atoms with Crippen molar-refractivity contribution in [3.63, 3.8) is 0 Å². The molecule has 0 fully saturated rings. The molecule has 0 saturated carbocycles. The molecule has 1 aromatic heterocycles. The molecule has 0 bridgehead atoms. The number of halogens is 1. The first-order valence-corrected chi connectivity index (χ1v) is 6.18. The second kappa shape index (κ2) is 6.67. The van der Waals surface area contributed by atoms with Gasteiger partial charge in [0.1, 0.15) is 0 Å². The van der Waals surface area contributed by atoms with Gasteiger partial charge >= 0.3 is 0 Å². The highest BCUT2D eigenvalue weighted by Crippen LogP contribution is 2.21. The molecular weight excluding hydrogens is 249 g/mol. The second-order valence-corrected chi connectivity index (χ2v) is 4.00. The van der Waals surface area contributed by atoms with E-state index in [2.05, 4.69) is 25.9 Å². The molecule has 102 valence electrons. The zero-order chi connectivity index (χ0) is 13.5. The van der Waals surface area contributed by atoms with Crippen LogP contribution in [0.3, 0.4) is 0 Å². The van der Waals surface area contributed by atoms with Gasteiger partial charge in [0.2, 0.25) is 0 Å². The summed E-state index contributed by atoms with van der Waals surface area (Å²) >= 11 is 0. The van der Waals surface area contributed by atoms with E-state index in [1.54, 1.807) is 12.1 Å². The molecule has 0 aliphatic rings. The number of nitrogens with one attached hydrogen (secondary N) is 2. The molecule has 7 heteroatoms. The van der Waals surface area contributed by atoms with Crippen LogP contribution in [0.1, 0.15) is 19.2 Å². The molecule has 1 heterocycles. The predicted octanol–water partition coefficient (Wildman–Crippen LogP) is 1.78. The van der Waals surface area contributed by atoms with E-state index in [0.29, 0.717) is 31.1 Å². The van der Waals surface area contributed by atoms with Gasteiger partial charge in [-0.2, -0.15) is 5.21 Å². The van der Waals surface area contributed by atoms with Crippen molar-refractivity contribution in [3.05, 3.63) is 29.8 Å². The van der Waals surface area contributed by atoms with E-state index >= 15 is 0 Å². The highest BCUT2D eigenvalue weighted by molar-refractivity contribution is 5.47. The quantitative estimate of drug-likeness (QED) is 0.798. The third-order valence-corrected chi connectivity index (χ3v) is 2.46. The standard InChI is InChI=1S/C12H16FN5O/c1-2-7-19-11-4-3-9(8-10(11)13)14-6-5-12-15-17-18-16-12/h3-4,8,14H,2,5-7H2,1H3,(H,15,16,17,18). The van der Waals surface area contributed by atoms with Crippen LogP contribution in [-0.4, -0.2) is 33.8 Å². The molecule has 19 heavy (non-hydrogen) atoms. The Morgan fingerprint density at radius 1 is 1.42 bits per heavy atom. The van der Waals surface area contributed by atoms with Crippen LogP contribution in [-0.2, 0) is 6.42 Å². The van der Waals surface area contributed by atoms with Crippen molar-refractivity contribution in [3.8, 4) is 5.75 Å². The number of ether oxygens (including phenoxy) is 1. The van der Waals surface area contributed by atoms with Crippen molar-refractivity contribution in [1.82, 2.24) is 20.6 Å². The summed E-state index contributed by atoms with van der Waals surface area (Å²) in [6, 6.07) is 4.83. The van der Waals surface area contributed by atoms with E-state index in [1.807, 2.05) is 6.92 Å². The Morgan fingerprint density at radius 2 is 2.32 bits per heavy atom. The van der Waals surface area contributed by atoms with Crippen molar-refractivity contribution in [2.45, 2.75) is 19.8 Å². The lowest BCUT2D eigenvalue weighted by atomic mass is 10.2. The molecule has 0 aliphatic heterocycles. The fourth-order valence-corrected chi connectivity index (χ4v) is 1.55. The van der Waals surface area contributed by atoms with E-state index < -0.39 is 0 Å². The SMILES string of the molecule is CCCOc1ccc(NCCc2nn[nH]n2)cc1F. The number of hydrogen-bond acceptors (Lipinski definition) is 5. The summed E-state index contributed by atoms with van der Waals surface area (Å²) in [4.78, 5) is 0. The third-order valence-electron chi connectivity index (χ3n) is 2.46. The fourth-order valence-electron chi connectivity index (χ4n) is 1.55. The zero-order valence-electron chi connectivity index (χ0n) is 10.7. The van der Waals surface area contributed by atoms with Crippen molar-refractivity contribution in [1.29, 1.82) is 0 Å². The number of anilines is 1. The smallest absolute Gasteiger partial charge is 0.176 e. The van der Waals surface area contributed by atoms with Crippen LogP contribution >= 0.6 is 0 Å². The lowest BCUT2D eigenvalue weighted by molar-refractivity contribution is 0.301. The van der Waals surface area contributed by atoms with Gasteiger partial charge in [0, 0.05) is 24.7 Å². The average Bonchev–Trinajstić information content (AvgIpc) is 2.91. The summed E-state index contributed by atoms with van der Waals surface area (Å²) in [6.45, 7) is 3.10. The van der Waals surface area contributed by atoms with Crippen LogP contribution in [0.5, 0.6) is 5.75 Å². The first-order chi connectivity index (χ1) is 9.29. The van der Waals surface area contributed by atoms with Crippen LogP contribution in [0, 0.1) is 5.82 Å². The molecular formula is C12H16FN5O. The molecule has 2 aromatic rings. The molecule has 1 aromatic carbocycles. The van der Waals surface area contributed by atoms with Gasteiger partial charge in [0.15, 0.2) is 17.4 Å². The lowest BCUT2D eigenvalue weighted by Crippen LogP contribution is -2.06. The highest BCUT2D eigenvalue weighted by Gasteiger charge is 2.04. The summed E-state index contributed by atoms with van der Waals surface area (Å²) in [7, 11) is 0. The second-order valence-electron chi connectivity index (χ2n) is 4.00. The van der Waals surface area contributed by atoms with Gasteiger partial charge in [-0.25, -0.2) is 4.39 Å². The average molecular weight is 265 g/mol. The minimum absolute atomic E-state index is 0.283. The first-order valence-electron chi connectivity index (χ1n) is 6.18. The summed E-state index contributed by atoms with van der Waals surface area (Å²) in [6.07, 6.45) is 1.47. The maximum absolute atomic E-state index is 13.7. The molecule has 0 saturated heterocycles. The zero-order valence-corrected chi connectivity index (χ0v) is 10.7. The lowest BCUT2D eigenvalue weighted by Gasteiger charge is -2.09. The van der Waals surface area contributed by atoms with Gasteiger partial charge in [-0.3, -0.25) is 0 Å². The van der Waals surface area contributed by atoms with Gasteiger partial charge < -0.3 is 10.1 Å². The minimum atomic E-state index is -0.363. The number of H-pyrrole nitrogens is 1.